The van der Waals surface area contributed by atoms with Crippen molar-refractivity contribution >= 4 is 17.5 Å². The molecule has 0 fully saturated rings. The molecule has 0 saturated carbocycles. The van der Waals surface area contributed by atoms with E-state index in [0.29, 0.717) is 17.7 Å². The van der Waals surface area contributed by atoms with Crippen LogP contribution in [0.5, 0.6) is 0 Å². The van der Waals surface area contributed by atoms with Crippen LogP contribution in [0.2, 0.25) is 0 Å². The molecule has 1 aromatic carbocycles. The van der Waals surface area contributed by atoms with Gasteiger partial charge in [-0.05, 0) is 48.2 Å². The molecule has 0 saturated heterocycles. The summed E-state index contributed by atoms with van der Waals surface area (Å²) in [5.41, 5.74) is 2.25. The van der Waals surface area contributed by atoms with Gasteiger partial charge in [-0.3, -0.25) is 14.6 Å². The summed E-state index contributed by atoms with van der Waals surface area (Å²) in [5, 5.41) is 5.92. The Morgan fingerprint density at radius 3 is 2.42 bits per heavy atom. The van der Waals surface area contributed by atoms with E-state index in [2.05, 4.69) is 36.4 Å². The Balaban J connectivity index is 2.01. The Hall–Kier alpha value is -2.69. The second-order valence-electron chi connectivity index (χ2n) is 6.71. The first-order chi connectivity index (χ1) is 12.5. The van der Waals surface area contributed by atoms with Gasteiger partial charge in [0, 0.05) is 30.1 Å². The topological polar surface area (TPSA) is 71.1 Å². The molecule has 2 N–H and O–H groups in total. The predicted octanol–water partition coefficient (Wildman–Crippen LogP) is 4.34. The van der Waals surface area contributed by atoms with Crippen molar-refractivity contribution in [3.05, 3.63) is 59.9 Å². The molecule has 1 heterocycles. The summed E-state index contributed by atoms with van der Waals surface area (Å²) < 4.78 is 0. The lowest BCUT2D eigenvalue weighted by atomic mass is 9.97. The van der Waals surface area contributed by atoms with Gasteiger partial charge in [0.15, 0.2) is 0 Å². The number of nitrogens with zero attached hydrogens (tertiary/aromatic N) is 1. The van der Waals surface area contributed by atoms with Crippen LogP contribution in [0.3, 0.4) is 0 Å². The van der Waals surface area contributed by atoms with Crippen molar-refractivity contribution in [2.24, 2.45) is 5.92 Å². The van der Waals surface area contributed by atoms with E-state index >= 15 is 0 Å². The number of amides is 2. The zero-order valence-electron chi connectivity index (χ0n) is 15.7. The van der Waals surface area contributed by atoms with Gasteiger partial charge in [0.2, 0.25) is 5.91 Å². The summed E-state index contributed by atoms with van der Waals surface area (Å²) in [6, 6.07) is 10.7. The van der Waals surface area contributed by atoms with Crippen LogP contribution >= 0.6 is 0 Å². The molecule has 1 atom stereocenters. The molecule has 0 bridgehead atoms. The number of pyridine rings is 1. The SMILES string of the molecule is CCCCC(=O)Nc1ccc(C(=O)N[C@@H](c2cccnc2)C(C)C)cc1. The van der Waals surface area contributed by atoms with Crippen molar-refractivity contribution in [3.8, 4) is 0 Å². The van der Waals surface area contributed by atoms with Crippen LogP contribution < -0.4 is 10.6 Å². The molecule has 138 valence electrons. The number of benzene rings is 1. The van der Waals surface area contributed by atoms with Gasteiger partial charge in [0.05, 0.1) is 6.04 Å². The third kappa shape index (κ3) is 5.69. The molecule has 0 spiro atoms. The molecule has 26 heavy (non-hydrogen) atoms. The van der Waals surface area contributed by atoms with Crippen molar-refractivity contribution in [3.63, 3.8) is 0 Å². The summed E-state index contributed by atoms with van der Waals surface area (Å²) >= 11 is 0. The summed E-state index contributed by atoms with van der Waals surface area (Å²) in [6.07, 6.45) is 5.87. The van der Waals surface area contributed by atoms with E-state index in [9.17, 15) is 9.59 Å². The smallest absolute Gasteiger partial charge is 0.251 e. The van der Waals surface area contributed by atoms with E-state index in [1.54, 1.807) is 36.7 Å². The number of aromatic nitrogens is 1. The number of unbranched alkanes of at least 4 members (excludes halogenated alkanes) is 1. The summed E-state index contributed by atoms with van der Waals surface area (Å²) in [4.78, 5) is 28.5. The predicted molar refractivity (Wildman–Crippen MR) is 104 cm³/mol. The lowest BCUT2D eigenvalue weighted by Gasteiger charge is -2.22. The first-order valence-electron chi connectivity index (χ1n) is 9.12. The standard InChI is InChI=1S/C21H27N3O2/c1-4-5-8-19(25)23-18-11-9-16(10-12-18)21(26)24-20(15(2)3)17-7-6-13-22-14-17/h6-7,9-15,20H,4-5,8H2,1-3H3,(H,23,25)(H,24,26)/t20-/m1/s1. The summed E-state index contributed by atoms with van der Waals surface area (Å²) in [5.74, 6) is 0.0946. The number of carbonyl (C=O) groups is 2. The molecule has 2 rings (SSSR count). The molecular formula is C21H27N3O2. The minimum atomic E-state index is -0.142. The van der Waals surface area contributed by atoms with E-state index in [-0.39, 0.29) is 23.8 Å². The van der Waals surface area contributed by atoms with E-state index in [1.165, 1.54) is 0 Å². The maximum atomic E-state index is 12.6. The van der Waals surface area contributed by atoms with E-state index in [0.717, 1.165) is 18.4 Å². The molecule has 0 aliphatic heterocycles. The minimum absolute atomic E-state index is 0.000464. The molecule has 2 amide bonds. The van der Waals surface area contributed by atoms with Gasteiger partial charge in [0.25, 0.3) is 5.91 Å². The Kier molecular flexibility index (Phi) is 7.33. The van der Waals surface area contributed by atoms with Crippen molar-refractivity contribution in [1.29, 1.82) is 0 Å². The van der Waals surface area contributed by atoms with Gasteiger partial charge in [-0.25, -0.2) is 0 Å². The Labute approximate surface area is 155 Å². The normalized spacial score (nSPS) is 11.8. The molecule has 0 radical (unpaired) electrons. The second kappa shape index (κ2) is 9.70. The van der Waals surface area contributed by atoms with Gasteiger partial charge in [-0.2, -0.15) is 0 Å². The van der Waals surface area contributed by atoms with Gasteiger partial charge in [-0.15, -0.1) is 0 Å². The highest BCUT2D eigenvalue weighted by Gasteiger charge is 2.19. The highest BCUT2D eigenvalue weighted by Crippen LogP contribution is 2.21. The summed E-state index contributed by atoms with van der Waals surface area (Å²) in [6.45, 7) is 6.18. The highest BCUT2D eigenvalue weighted by molar-refractivity contribution is 5.96. The number of rotatable bonds is 8. The van der Waals surface area contributed by atoms with Crippen LogP contribution in [0.15, 0.2) is 48.8 Å². The van der Waals surface area contributed by atoms with Gasteiger partial charge in [0.1, 0.15) is 0 Å². The highest BCUT2D eigenvalue weighted by atomic mass is 16.2. The zero-order valence-corrected chi connectivity index (χ0v) is 15.7. The molecule has 1 aromatic heterocycles. The molecular weight excluding hydrogens is 326 g/mol. The average Bonchev–Trinajstić information content (AvgIpc) is 2.65. The van der Waals surface area contributed by atoms with Crippen LogP contribution in [0, 0.1) is 5.92 Å². The molecule has 5 nitrogen and oxygen atoms in total. The van der Waals surface area contributed by atoms with Crippen LogP contribution in [-0.2, 0) is 4.79 Å². The van der Waals surface area contributed by atoms with Gasteiger partial charge >= 0.3 is 0 Å². The monoisotopic (exact) mass is 353 g/mol. The third-order valence-corrected chi connectivity index (χ3v) is 4.19. The maximum absolute atomic E-state index is 12.6. The quantitative estimate of drug-likeness (QED) is 0.742. The number of anilines is 1. The van der Waals surface area contributed by atoms with Crippen molar-refractivity contribution in [1.82, 2.24) is 10.3 Å². The van der Waals surface area contributed by atoms with Crippen LogP contribution in [0.4, 0.5) is 5.69 Å². The number of nitrogens with one attached hydrogen (secondary N) is 2. The zero-order chi connectivity index (χ0) is 18.9. The van der Waals surface area contributed by atoms with Crippen LogP contribution in [0.1, 0.15) is 62.0 Å². The lowest BCUT2D eigenvalue weighted by molar-refractivity contribution is -0.116. The number of hydrogen-bond acceptors (Lipinski definition) is 3. The maximum Gasteiger partial charge on any atom is 0.251 e. The first kappa shape index (κ1) is 19.6. The fourth-order valence-corrected chi connectivity index (χ4v) is 2.69. The van der Waals surface area contributed by atoms with E-state index in [1.807, 2.05) is 12.1 Å². The molecule has 5 heteroatoms. The second-order valence-corrected chi connectivity index (χ2v) is 6.71. The van der Waals surface area contributed by atoms with Gasteiger partial charge in [-0.1, -0.05) is 33.3 Å². The van der Waals surface area contributed by atoms with Crippen molar-refractivity contribution in [2.75, 3.05) is 5.32 Å². The van der Waals surface area contributed by atoms with Gasteiger partial charge < -0.3 is 10.6 Å². The summed E-state index contributed by atoms with van der Waals surface area (Å²) in [7, 11) is 0. The molecule has 0 aliphatic rings. The Bertz CT molecular complexity index is 712. The molecule has 2 aromatic rings. The Morgan fingerprint density at radius 1 is 1.12 bits per heavy atom. The van der Waals surface area contributed by atoms with E-state index in [4.69, 9.17) is 0 Å². The minimum Gasteiger partial charge on any atom is -0.345 e. The molecule has 0 unspecified atom stereocenters. The lowest BCUT2D eigenvalue weighted by Crippen LogP contribution is -2.31. The number of carbonyl (C=O) groups excluding carboxylic acids is 2. The first-order valence-corrected chi connectivity index (χ1v) is 9.12. The van der Waals surface area contributed by atoms with E-state index < -0.39 is 0 Å². The Morgan fingerprint density at radius 2 is 1.85 bits per heavy atom. The van der Waals surface area contributed by atoms with Crippen molar-refractivity contribution < 1.29 is 9.59 Å². The van der Waals surface area contributed by atoms with Crippen LogP contribution in [-0.4, -0.2) is 16.8 Å². The molecule has 0 aliphatic carbocycles. The average molecular weight is 353 g/mol. The fraction of sp³-hybridized carbons (Fsp3) is 0.381. The largest absolute Gasteiger partial charge is 0.345 e. The van der Waals surface area contributed by atoms with Crippen molar-refractivity contribution in [2.45, 2.75) is 46.1 Å². The third-order valence-electron chi connectivity index (χ3n) is 4.19. The van der Waals surface area contributed by atoms with Crippen LogP contribution in [0.25, 0.3) is 0 Å². The number of hydrogen-bond donors (Lipinski definition) is 2. The fourth-order valence-electron chi connectivity index (χ4n) is 2.69.